The molecule has 1 saturated carbocycles. The summed E-state index contributed by atoms with van der Waals surface area (Å²) in [5.41, 5.74) is 2.51. The molecule has 27 heavy (non-hydrogen) atoms. The van der Waals surface area contributed by atoms with E-state index < -0.39 is 0 Å². The molecule has 6 heteroatoms. The minimum absolute atomic E-state index is 0.0298. The van der Waals surface area contributed by atoms with E-state index in [1.807, 2.05) is 17.2 Å². The second kappa shape index (κ2) is 7.06. The van der Waals surface area contributed by atoms with Crippen molar-refractivity contribution in [3.63, 3.8) is 0 Å². The summed E-state index contributed by atoms with van der Waals surface area (Å²) < 4.78 is 1.73. The van der Waals surface area contributed by atoms with E-state index in [9.17, 15) is 9.59 Å². The van der Waals surface area contributed by atoms with Gasteiger partial charge >= 0.3 is 6.03 Å². The van der Waals surface area contributed by atoms with Gasteiger partial charge in [0.25, 0.3) is 0 Å². The summed E-state index contributed by atoms with van der Waals surface area (Å²) >= 11 is 0. The van der Waals surface area contributed by atoms with Crippen molar-refractivity contribution in [2.75, 3.05) is 19.6 Å². The number of rotatable bonds is 4. The lowest BCUT2D eigenvalue weighted by molar-refractivity contribution is -0.435. The van der Waals surface area contributed by atoms with Crippen molar-refractivity contribution in [3.8, 4) is 0 Å². The first-order valence-corrected chi connectivity index (χ1v) is 10.1. The first-order valence-electron chi connectivity index (χ1n) is 10.1. The van der Waals surface area contributed by atoms with Gasteiger partial charge in [-0.3, -0.25) is 9.78 Å². The van der Waals surface area contributed by atoms with Crippen molar-refractivity contribution in [1.82, 2.24) is 15.2 Å². The van der Waals surface area contributed by atoms with E-state index in [4.69, 9.17) is 0 Å². The molecule has 1 aromatic rings. The highest BCUT2D eigenvalue weighted by atomic mass is 16.2. The van der Waals surface area contributed by atoms with Crippen LogP contribution in [0.3, 0.4) is 0 Å². The summed E-state index contributed by atoms with van der Waals surface area (Å²) in [4.78, 5) is 30.8. The molecule has 144 valence electrons. The third kappa shape index (κ3) is 3.75. The van der Waals surface area contributed by atoms with Crippen LogP contribution in [0.2, 0.25) is 0 Å². The molecule has 1 aromatic heterocycles. The number of fused-ring (bicyclic) bond motifs is 1. The second-order valence-electron chi connectivity index (χ2n) is 8.76. The molecular weight excluding hydrogens is 340 g/mol. The van der Waals surface area contributed by atoms with Crippen molar-refractivity contribution < 1.29 is 14.2 Å². The smallest absolute Gasteiger partial charge is 0.343 e. The Labute approximate surface area is 160 Å². The molecule has 0 radical (unpaired) electrons. The Balaban J connectivity index is 1.23. The molecule has 6 nitrogen and oxygen atoms in total. The van der Waals surface area contributed by atoms with Crippen molar-refractivity contribution in [2.24, 2.45) is 17.3 Å². The van der Waals surface area contributed by atoms with E-state index in [-0.39, 0.29) is 6.03 Å². The summed E-state index contributed by atoms with van der Waals surface area (Å²) in [7, 11) is 0. The highest BCUT2D eigenvalue weighted by Gasteiger charge is 2.55. The molecular formula is C21H29N4O2+. The zero-order valence-electron chi connectivity index (χ0n) is 16.3. The molecule has 3 aliphatic rings. The molecule has 0 aromatic carbocycles. The fourth-order valence-electron chi connectivity index (χ4n) is 4.55. The van der Waals surface area contributed by atoms with Crippen molar-refractivity contribution in [1.29, 1.82) is 0 Å². The van der Waals surface area contributed by atoms with Crippen LogP contribution in [-0.2, 0) is 11.3 Å². The summed E-state index contributed by atoms with van der Waals surface area (Å²) in [6.07, 6.45) is 9.41. The number of nitrogens with one attached hydrogen (secondary N) is 1. The van der Waals surface area contributed by atoms with Crippen LogP contribution in [0.5, 0.6) is 0 Å². The van der Waals surface area contributed by atoms with Gasteiger partial charge in [0, 0.05) is 48.9 Å². The number of urea groups is 1. The fraction of sp³-hybridized carbons (Fsp3) is 0.619. The number of aromatic nitrogens is 1. The zero-order chi connectivity index (χ0) is 19.0. The molecule has 1 spiro atoms. The van der Waals surface area contributed by atoms with Crippen LogP contribution in [0.25, 0.3) is 0 Å². The van der Waals surface area contributed by atoms with Crippen molar-refractivity contribution in [3.05, 3.63) is 29.6 Å². The topological polar surface area (TPSA) is 65.3 Å². The molecule has 1 unspecified atom stereocenters. The van der Waals surface area contributed by atoms with Crippen LogP contribution in [-0.4, -0.2) is 52.2 Å². The first kappa shape index (κ1) is 18.1. The van der Waals surface area contributed by atoms with Gasteiger partial charge in [0.15, 0.2) is 0 Å². The number of nitrogens with zero attached hydrogens (tertiary/aromatic N) is 3. The average molecular weight is 369 g/mol. The Kier molecular flexibility index (Phi) is 4.74. The molecule has 1 saturated heterocycles. The van der Waals surface area contributed by atoms with E-state index >= 15 is 0 Å². The van der Waals surface area contributed by atoms with E-state index in [1.54, 1.807) is 17.0 Å². The monoisotopic (exact) mass is 369 g/mol. The first-order chi connectivity index (χ1) is 13.0. The van der Waals surface area contributed by atoms with Crippen LogP contribution >= 0.6 is 0 Å². The summed E-state index contributed by atoms with van der Waals surface area (Å²) in [5, 5.41) is 3.11. The Morgan fingerprint density at radius 3 is 2.85 bits per heavy atom. The van der Waals surface area contributed by atoms with Crippen molar-refractivity contribution in [2.45, 2.75) is 46.1 Å². The third-order valence-electron chi connectivity index (χ3n) is 6.40. The molecule has 3 heterocycles. The van der Waals surface area contributed by atoms with Gasteiger partial charge in [-0.1, -0.05) is 13.8 Å². The number of likely N-dealkylation sites (tertiary alicyclic amines) is 1. The Bertz CT molecular complexity index is 778. The van der Waals surface area contributed by atoms with Gasteiger partial charge < -0.3 is 4.90 Å². The number of piperidine rings is 1. The quantitative estimate of drug-likeness (QED) is 0.829. The number of carbonyl (C=O) groups excluding carboxylic acids is 2. The van der Waals surface area contributed by atoms with E-state index in [0.717, 1.165) is 43.6 Å². The maximum absolute atomic E-state index is 12.5. The van der Waals surface area contributed by atoms with Gasteiger partial charge in [0.2, 0.25) is 5.91 Å². The lowest BCUT2D eigenvalue weighted by Crippen LogP contribution is -2.41. The SMILES string of the molecule is CC(C)CC(=O)N1CCC2(CC1)CC2CNC(=O)[N+]1=Cc2cnccc2C1. The number of hydrogen-bond acceptors (Lipinski definition) is 3. The molecule has 2 fully saturated rings. The molecule has 1 N–H and O–H groups in total. The predicted molar refractivity (Wildman–Crippen MR) is 103 cm³/mol. The minimum atomic E-state index is -0.0298. The zero-order valence-corrected chi connectivity index (χ0v) is 16.3. The van der Waals surface area contributed by atoms with Crippen molar-refractivity contribution >= 4 is 18.2 Å². The van der Waals surface area contributed by atoms with Gasteiger partial charge in [0.1, 0.15) is 12.8 Å². The lowest BCUT2D eigenvalue weighted by Gasteiger charge is -2.33. The van der Waals surface area contributed by atoms with E-state index in [2.05, 4.69) is 24.1 Å². The highest BCUT2D eigenvalue weighted by molar-refractivity contribution is 5.84. The van der Waals surface area contributed by atoms with Crippen LogP contribution in [0.15, 0.2) is 18.5 Å². The normalized spacial score (nSPS) is 22.6. The molecule has 2 aliphatic heterocycles. The van der Waals surface area contributed by atoms with E-state index in [0.29, 0.717) is 36.1 Å². The molecule has 4 rings (SSSR count). The maximum Gasteiger partial charge on any atom is 0.491 e. The van der Waals surface area contributed by atoms with Crippen LogP contribution in [0.4, 0.5) is 4.79 Å². The third-order valence-corrected chi connectivity index (χ3v) is 6.40. The number of carbonyl (C=O) groups is 2. The second-order valence-corrected chi connectivity index (χ2v) is 8.76. The fourth-order valence-corrected chi connectivity index (χ4v) is 4.55. The average Bonchev–Trinajstić information content (AvgIpc) is 3.12. The molecule has 1 aliphatic carbocycles. The molecule has 0 bridgehead atoms. The highest BCUT2D eigenvalue weighted by Crippen LogP contribution is 2.59. The van der Waals surface area contributed by atoms with Gasteiger partial charge in [-0.25, -0.2) is 5.32 Å². The van der Waals surface area contributed by atoms with Crippen LogP contribution in [0, 0.1) is 17.3 Å². The van der Waals surface area contributed by atoms with E-state index in [1.165, 1.54) is 6.42 Å². The molecule has 1 atom stereocenters. The standard InChI is InChI=1S/C21H28N4O2/c1-15(2)9-19(26)24-7-4-21(5-8-24)10-18(21)12-23-20(27)25-13-16-3-6-22-11-17(16)14-25/h3,6,11,14-15,18H,4-5,7-10,12-13H2,1-2H3/p+1. The predicted octanol–water partition coefficient (Wildman–Crippen LogP) is 2.41. The Morgan fingerprint density at radius 1 is 1.37 bits per heavy atom. The van der Waals surface area contributed by atoms with Gasteiger partial charge in [-0.15, -0.1) is 0 Å². The lowest BCUT2D eigenvalue weighted by atomic mass is 9.90. The number of pyridine rings is 1. The Hall–Kier alpha value is -2.24. The Morgan fingerprint density at radius 2 is 2.15 bits per heavy atom. The maximum atomic E-state index is 12.5. The van der Waals surface area contributed by atoms with Crippen LogP contribution in [0.1, 0.15) is 50.7 Å². The summed E-state index contributed by atoms with van der Waals surface area (Å²) in [5.74, 6) is 1.26. The molecule has 3 amide bonds. The van der Waals surface area contributed by atoms with Crippen LogP contribution < -0.4 is 5.32 Å². The minimum Gasteiger partial charge on any atom is -0.343 e. The largest absolute Gasteiger partial charge is 0.491 e. The summed E-state index contributed by atoms with van der Waals surface area (Å²) in [6, 6.07) is 1.93. The van der Waals surface area contributed by atoms with Gasteiger partial charge in [-0.2, -0.15) is 9.37 Å². The summed E-state index contributed by atoms with van der Waals surface area (Å²) in [6.45, 7) is 7.28. The number of amides is 3. The van der Waals surface area contributed by atoms with Gasteiger partial charge in [0.05, 0.1) is 6.54 Å². The van der Waals surface area contributed by atoms with Gasteiger partial charge in [-0.05, 0) is 36.7 Å². The number of hydrogen-bond donors (Lipinski definition) is 1.